The van der Waals surface area contributed by atoms with Crippen molar-refractivity contribution in [2.75, 3.05) is 13.3 Å². The van der Waals surface area contributed by atoms with Crippen LogP contribution in [0, 0.1) is 0 Å². The molecule has 1 heterocycles. The molecule has 0 fully saturated rings. The van der Waals surface area contributed by atoms with Crippen LogP contribution < -0.4 is 5.30 Å². The zero-order chi connectivity index (χ0) is 9.35. The molecule has 0 aliphatic rings. The molecule has 0 saturated carbocycles. The molecule has 4 nitrogen and oxygen atoms in total. The van der Waals surface area contributed by atoms with Crippen molar-refractivity contribution < 1.29 is 9.36 Å². The summed E-state index contributed by atoms with van der Waals surface area (Å²) >= 11 is 0. The highest BCUT2D eigenvalue weighted by molar-refractivity contribution is 7.70. The van der Waals surface area contributed by atoms with Crippen molar-refractivity contribution in [1.29, 1.82) is 0 Å². The number of hydrogen-bond donors (Lipinski definition) is 0. The predicted octanol–water partition coefficient (Wildman–Crippen LogP) is 0.481. The molecule has 0 atom stereocenters. The molecule has 66 valence electrons. The first-order chi connectivity index (χ1) is 5.46. The zero-order valence-corrected chi connectivity index (χ0v) is 8.21. The van der Waals surface area contributed by atoms with Crippen molar-refractivity contribution in [3.8, 4) is 0 Å². The van der Waals surface area contributed by atoms with Crippen LogP contribution >= 0.6 is 7.14 Å². The first-order valence-electron chi connectivity index (χ1n) is 3.49. The topological polar surface area (TPSA) is 52.0 Å². The van der Waals surface area contributed by atoms with Gasteiger partial charge in [0.25, 0.3) is 0 Å². The molecule has 0 aliphatic carbocycles. The van der Waals surface area contributed by atoms with Crippen LogP contribution in [0.25, 0.3) is 0 Å². The van der Waals surface area contributed by atoms with Gasteiger partial charge in [-0.25, -0.2) is 0 Å². The SMILES string of the molecule is Cn1ncc(P(C)(C)=O)c1C=O. The van der Waals surface area contributed by atoms with Gasteiger partial charge in [-0.15, -0.1) is 0 Å². The molecule has 0 spiro atoms. The Kier molecular flexibility index (Phi) is 2.20. The molecule has 0 amide bonds. The summed E-state index contributed by atoms with van der Waals surface area (Å²) in [4.78, 5) is 10.6. The van der Waals surface area contributed by atoms with Crippen LogP contribution in [0.2, 0.25) is 0 Å². The lowest BCUT2D eigenvalue weighted by Crippen LogP contribution is -2.09. The van der Waals surface area contributed by atoms with Gasteiger partial charge in [0.2, 0.25) is 0 Å². The second-order valence-corrected chi connectivity index (χ2v) is 6.19. The third-order valence-corrected chi connectivity index (χ3v) is 3.16. The summed E-state index contributed by atoms with van der Waals surface area (Å²) in [5, 5.41) is 4.42. The number of aromatic nitrogens is 2. The smallest absolute Gasteiger partial charge is 0.168 e. The standard InChI is InChI=1S/C7H11N2O2P/c1-9-6(5-10)7(4-8-9)12(2,3)11/h4-5H,1-3H3. The molecule has 5 heteroatoms. The molecule has 1 aromatic rings. The molecule has 0 aliphatic heterocycles. The van der Waals surface area contributed by atoms with Gasteiger partial charge >= 0.3 is 0 Å². The lowest BCUT2D eigenvalue weighted by molar-refractivity contribution is 0.111. The van der Waals surface area contributed by atoms with Crippen LogP contribution in [0.4, 0.5) is 0 Å². The van der Waals surface area contributed by atoms with Crippen LogP contribution in [0.5, 0.6) is 0 Å². The van der Waals surface area contributed by atoms with Crippen molar-refractivity contribution in [2.45, 2.75) is 0 Å². The molecule has 1 aromatic heterocycles. The van der Waals surface area contributed by atoms with Crippen LogP contribution in [-0.4, -0.2) is 29.4 Å². The number of carbonyl (C=O) groups is 1. The highest BCUT2D eigenvalue weighted by Gasteiger charge is 2.18. The summed E-state index contributed by atoms with van der Waals surface area (Å²) in [7, 11) is -0.710. The maximum atomic E-state index is 11.6. The Balaban J connectivity index is 3.35. The van der Waals surface area contributed by atoms with Gasteiger partial charge < -0.3 is 4.57 Å². The van der Waals surface area contributed by atoms with Gasteiger partial charge in [0.1, 0.15) is 12.8 Å². The maximum Gasteiger partial charge on any atom is 0.168 e. The van der Waals surface area contributed by atoms with E-state index in [4.69, 9.17) is 0 Å². The van der Waals surface area contributed by atoms with Gasteiger partial charge in [0, 0.05) is 7.05 Å². The Bertz CT molecular complexity index is 350. The van der Waals surface area contributed by atoms with Gasteiger partial charge in [-0.05, 0) is 13.3 Å². The average Bonchev–Trinajstić information content (AvgIpc) is 2.29. The van der Waals surface area contributed by atoms with E-state index in [1.54, 1.807) is 20.4 Å². The van der Waals surface area contributed by atoms with Crippen LogP contribution in [0.15, 0.2) is 6.20 Å². The van der Waals surface area contributed by atoms with Crippen LogP contribution in [0.3, 0.4) is 0 Å². The van der Waals surface area contributed by atoms with Gasteiger partial charge in [0.15, 0.2) is 6.29 Å². The second kappa shape index (κ2) is 2.87. The molecule has 0 unspecified atom stereocenters. The molecule has 0 bridgehead atoms. The third kappa shape index (κ3) is 1.48. The average molecular weight is 186 g/mol. The Hall–Kier alpha value is -0.890. The van der Waals surface area contributed by atoms with Crippen molar-refractivity contribution in [2.24, 2.45) is 7.05 Å². The molecule has 0 radical (unpaired) electrons. The first kappa shape index (κ1) is 9.20. The summed E-state index contributed by atoms with van der Waals surface area (Å²) < 4.78 is 13.0. The summed E-state index contributed by atoms with van der Waals surface area (Å²) in [6, 6.07) is 0. The van der Waals surface area contributed by atoms with Crippen molar-refractivity contribution in [3.63, 3.8) is 0 Å². The number of rotatable bonds is 2. The minimum absolute atomic E-state index is 0.406. The maximum absolute atomic E-state index is 11.6. The normalized spacial score (nSPS) is 11.6. The molecule has 1 rings (SSSR count). The Labute approximate surface area is 70.9 Å². The third-order valence-electron chi connectivity index (χ3n) is 1.66. The zero-order valence-electron chi connectivity index (χ0n) is 7.31. The van der Waals surface area contributed by atoms with E-state index < -0.39 is 7.14 Å². The molecule has 0 N–H and O–H groups in total. The van der Waals surface area contributed by atoms with Gasteiger partial charge in [-0.3, -0.25) is 9.48 Å². The molecule has 0 saturated heterocycles. The van der Waals surface area contributed by atoms with Crippen molar-refractivity contribution in [1.82, 2.24) is 9.78 Å². The minimum Gasteiger partial charge on any atom is -0.319 e. The Morgan fingerprint density at radius 2 is 2.17 bits per heavy atom. The predicted molar refractivity (Wildman–Crippen MR) is 47.7 cm³/mol. The molecule has 0 aromatic carbocycles. The highest BCUT2D eigenvalue weighted by Crippen LogP contribution is 2.35. The van der Waals surface area contributed by atoms with Gasteiger partial charge in [-0.1, -0.05) is 0 Å². The number of nitrogens with zero attached hydrogens (tertiary/aromatic N) is 2. The number of carbonyl (C=O) groups excluding carboxylic acids is 1. The van der Waals surface area contributed by atoms with E-state index in [1.807, 2.05) is 0 Å². The van der Waals surface area contributed by atoms with E-state index in [2.05, 4.69) is 5.10 Å². The largest absolute Gasteiger partial charge is 0.319 e. The fourth-order valence-electron chi connectivity index (χ4n) is 0.987. The molecular weight excluding hydrogens is 175 g/mol. The van der Waals surface area contributed by atoms with Crippen molar-refractivity contribution >= 4 is 18.7 Å². The summed E-state index contributed by atoms with van der Waals surface area (Å²) in [6.45, 7) is 3.24. The summed E-state index contributed by atoms with van der Waals surface area (Å²) in [6.07, 6.45) is 2.17. The number of aryl methyl sites for hydroxylation is 1. The Morgan fingerprint density at radius 3 is 2.50 bits per heavy atom. The van der Waals surface area contributed by atoms with Crippen LogP contribution in [-0.2, 0) is 11.6 Å². The van der Waals surface area contributed by atoms with E-state index >= 15 is 0 Å². The summed E-state index contributed by atoms with van der Waals surface area (Å²) in [5.74, 6) is 0. The van der Waals surface area contributed by atoms with Gasteiger partial charge in [0.05, 0.1) is 11.5 Å². The number of aldehydes is 1. The van der Waals surface area contributed by atoms with Crippen LogP contribution in [0.1, 0.15) is 10.5 Å². The second-order valence-electron chi connectivity index (χ2n) is 3.01. The van der Waals surface area contributed by atoms with E-state index in [9.17, 15) is 9.36 Å². The van der Waals surface area contributed by atoms with Gasteiger partial charge in [-0.2, -0.15) is 5.10 Å². The van der Waals surface area contributed by atoms with E-state index in [1.165, 1.54) is 10.9 Å². The minimum atomic E-state index is -2.37. The van der Waals surface area contributed by atoms with E-state index in [0.717, 1.165) is 0 Å². The van der Waals surface area contributed by atoms with E-state index in [0.29, 0.717) is 17.3 Å². The fraction of sp³-hybridized carbons (Fsp3) is 0.429. The highest BCUT2D eigenvalue weighted by atomic mass is 31.2. The first-order valence-corrected chi connectivity index (χ1v) is 6.09. The van der Waals surface area contributed by atoms with Crippen molar-refractivity contribution in [3.05, 3.63) is 11.9 Å². The molecular formula is C7H11N2O2P. The monoisotopic (exact) mass is 186 g/mol. The lowest BCUT2D eigenvalue weighted by Gasteiger charge is -2.03. The fourth-order valence-corrected chi connectivity index (χ4v) is 2.07. The lowest BCUT2D eigenvalue weighted by atomic mass is 10.5. The summed E-state index contributed by atoms with van der Waals surface area (Å²) in [5.41, 5.74) is 0.406. The molecule has 12 heavy (non-hydrogen) atoms. The number of hydrogen-bond acceptors (Lipinski definition) is 3. The Morgan fingerprint density at radius 1 is 1.58 bits per heavy atom. The van der Waals surface area contributed by atoms with E-state index in [-0.39, 0.29) is 0 Å². The quantitative estimate of drug-likeness (QED) is 0.498.